The summed E-state index contributed by atoms with van der Waals surface area (Å²) in [6.07, 6.45) is 7.05. The second kappa shape index (κ2) is 5.58. The van der Waals surface area contributed by atoms with E-state index in [1.54, 1.807) is 0 Å². The number of aromatic nitrogens is 2. The van der Waals surface area contributed by atoms with Gasteiger partial charge in [0.25, 0.3) is 0 Å². The maximum atomic E-state index is 5.98. The largest absolute Gasteiger partial charge is 0.327 e. The molecule has 17 heavy (non-hydrogen) atoms. The zero-order valence-corrected chi connectivity index (χ0v) is 10.9. The van der Waals surface area contributed by atoms with Crippen LogP contribution in [0, 0.1) is 6.92 Å². The Morgan fingerprint density at radius 3 is 2.71 bits per heavy atom. The third-order valence-electron chi connectivity index (χ3n) is 3.66. The van der Waals surface area contributed by atoms with Gasteiger partial charge >= 0.3 is 0 Å². The standard InChI is InChI=1S/C14H23N3/c1-3-12(15)9-14-16-10(2)8-13(17-14)11-6-4-5-7-11/h8,11-12H,3-7,9,15H2,1-2H3. The van der Waals surface area contributed by atoms with Crippen LogP contribution in [0.25, 0.3) is 0 Å². The van der Waals surface area contributed by atoms with Crippen molar-refractivity contribution >= 4 is 0 Å². The Balaban J connectivity index is 2.16. The van der Waals surface area contributed by atoms with Gasteiger partial charge in [0.1, 0.15) is 5.82 Å². The maximum absolute atomic E-state index is 5.98. The summed E-state index contributed by atoms with van der Waals surface area (Å²) in [6, 6.07) is 2.34. The molecule has 0 spiro atoms. The fourth-order valence-corrected chi connectivity index (χ4v) is 2.56. The van der Waals surface area contributed by atoms with Crippen molar-refractivity contribution in [3.8, 4) is 0 Å². The number of nitrogens with two attached hydrogens (primary N) is 1. The molecular weight excluding hydrogens is 210 g/mol. The molecule has 0 saturated heterocycles. The van der Waals surface area contributed by atoms with Gasteiger partial charge in [0.05, 0.1) is 0 Å². The van der Waals surface area contributed by atoms with Gasteiger partial charge in [-0.1, -0.05) is 19.8 Å². The Kier molecular flexibility index (Phi) is 4.11. The molecule has 3 nitrogen and oxygen atoms in total. The minimum atomic E-state index is 0.188. The van der Waals surface area contributed by atoms with Gasteiger partial charge in [-0.15, -0.1) is 0 Å². The number of hydrogen-bond acceptors (Lipinski definition) is 3. The molecule has 0 radical (unpaired) electrons. The monoisotopic (exact) mass is 233 g/mol. The predicted octanol–water partition coefficient (Wildman–Crippen LogP) is 2.72. The summed E-state index contributed by atoms with van der Waals surface area (Å²) in [5.41, 5.74) is 8.31. The van der Waals surface area contributed by atoms with Crippen LogP contribution in [0.15, 0.2) is 6.07 Å². The molecule has 1 aliphatic carbocycles. The van der Waals surface area contributed by atoms with Crippen molar-refractivity contribution in [2.45, 2.75) is 64.3 Å². The minimum absolute atomic E-state index is 0.188. The van der Waals surface area contributed by atoms with Crippen molar-refractivity contribution in [3.05, 3.63) is 23.3 Å². The van der Waals surface area contributed by atoms with Crippen LogP contribution in [0.3, 0.4) is 0 Å². The minimum Gasteiger partial charge on any atom is -0.327 e. The molecule has 1 aliphatic rings. The van der Waals surface area contributed by atoms with Crippen molar-refractivity contribution in [3.63, 3.8) is 0 Å². The summed E-state index contributed by atoms with van der Waals surface area (Å²) in [7, 11) is 0. The molecular formula is C14H23N3. The van der Waals surface area contributed by atoms with E-state index in [1.165, 1.54) is 31.4 Å². The van der Waals surface area contributed by atoms with Gasteiger partial charge in [-0.2, -0.15) is 0 Å². The molecule has 0 bridgehead atoms. The van der Waals surface area contributed by atoms with Crippen LogP contribution in [0.2, 0.25) is 0 Å². The van der Waals surface area contributed by atoms with Gasteiger partial charge in [-0.3, -0.25) is 0 Å². The molecule has 0 aromatic carbocycles. The Bertz CT molecular complexity index is 370. The first-order chi connectivity index (χ1) is 8.19. The first-order valence-electron chi connectivity index (χ1n) is 6.79. The molecule has 1 unspecified atom stereocenters. The highest BCUT2D eigenvalue weighted by Gasteiger charge is 2.19. The third-order valence-corrected chi connectivity index (χ3v) is 3.66. The van der Waals surface area contributed by atoms with Gasteiger partial charge in [0.2, 0.25) is 0 Å². The molecule has 0 amide bonds. The van der Waals surface area contributed by atoms with E-state index in [0.717, 1.165) is 24.4 Å². The van der Waals surface area contributed by atoms with Crippen LogP contribution in [0.4, 0.5) is 0 Å². The topological polar surface area (TPSA) is 51.8 Å². The van der Waals surface area contributed by atoms with E-state index < -0.39 is 0 Å². The summed E-state index contributed by atoms with van der Waals surface area (Å²) in [6.45, 7) is 4.17. The fraction of sp³-hybridized carbons (Fsp3) is 0.714. The first kappa shape index (κ1) is 12.5. The van der Waals surface area contributed by atoms with Crippen molar-refractivity contribution in [2.24, 2.45) is 5.73 Å². The van der Waals surface area contributed by atoms with Gasteiger partial charge in [0.15, 0.2) is 0 Å². The summed E-state index contributed by atoms with van der Waals surface area (Å²) in [5.74, 6) is 1.59. The Morgan fingerprint density at radius 1 is 1.35 bits per heavy atom. The van der Waals surface area contributed by atoms with Crippen molar-refractivity contribution in [1.82, 2.24) is 9.97 Å². The lowest BCUT2D eigenvalue weighted by Crippen LogP contribution is -2.23. The smallest absolute Gasteiger partial charge is 0.130 e. The van der Waals surface area contributed by atoms with Crippen LogP contribution in [0.1, 0.15) is 62.2 Å². The van der Waals surface area contributed by atoms with Crippen LogP contribution < -0.4 is 5.73 Å². The van der Waals surface area contributed by atoms with E-state index in [0.29, 0.717) is 5.92 Å². The number of aryl methyl sites for hydroxylation is 1. The normalized spacial score (nSPS) is 18.5. The molecule has 1 heterocycles. The fourth-order valence-electron chi connectivity index (χ4n) is 2.56. The first-order valence-corrected chi connectivity index (χ1v) is 6.79. The lowest BCUT2D eigenvalue weighted by Gasteiger charge is -2.13. The van der Waals surface area contributed by atoms with E-state index in [9.17, 15) is 0 Å². The molecule has 1 fully saturated rings. The van der Waals surface area contributed by atoms with E-state index >= 15 is 0 Å². The third kappa shape index (κ3) is 3.25. The number of hydrogen-bond donors (Lipinski definition) is 1. The van der Waals surface area contributed by atoms with E-state index in [-0.39, 0.29) is 6.04 Å². The molecule has 3 heteroatoms. The quantitative estimate of drug-likeness (QED) is 0.870. The highest BCUT2D eigenvalue weighted by atomic mass is 14.9. The summed E-state index contributed by atoms with van der Waals surface area (Å²) >= 11 is 0. The maximum Gasteiger partial charge on any atom is 0.130 e. The van der Waals surface area contributed by atoms with Gasteiger partial charge in [-0.05, 0) is 32.3 Å². The van der Waals surface area contributed by atoms with Gasteiger partial charge in [-0.25, -0.2) is 9.97 Å². The Labute approximate surface area is 104 Å². The molecule has 2 rings (SSSR count). The predicted molar refractivity (Wildman–Crippen MR) is 69.9 cm³/mol. The van der Waals surface area contributed by atoms with Crippen molar-refractivity contribution in [1.29, 1.82) is 0 Å². The molecule has 2 N–H and O–H groups in total. The van der Waals surface area contributed by atoms with E-state index in [1.807, 2.05) is 0 Å². The van der Waals surface area contributed by atoms with Crippen molar-refractivity contribution < 1.29 is 0 Å². The second-order valence-electron chi connectivity index (χ2n) is 5.20. The molecule has 1 aromatic heterocycles. The highest BCUT2D eigenvalue weighted by molar-refractivity contribution is 5.15. The van der Waals surface area contributed by atoms with E-state index in [2.05, 4.69) is 24.9 Å². The van der Waals surface area contributed by atoms with Crippen LogP contribution >= 0.6 is 0 Å². The van der Waals surface area contributed by atoms with E-state index in [4.69, 9.17) is 10.7 Å². The Morgan fingerprint density at radius 2 is 2.06 bits per heavy atom. The average Bonchev–Trinajstić information content (AvgIpc) is 2.81. The zero-order valence-electron chi connectivity index (χ0n) is 10.9. The lowest BCUT2D eigenvalue weighted by molar-refractivity contribution is 0.610. The summed E-state index contributed by atoms with van der Waals surface area (Å²) < 4.78 is 0. The molecule has 0 aliphatic heterocycles. The van der Waals surface area contributed by atoms with Gasteiger partial charge < -0.3 is 5.73 Å². The van der Waals surface area contributed by atoms with Crippen LogP contribution in [-0.2, 0) is 6.42 Å². The summed E-state index contributed by atoms with van der Waals surface area (Å²) in [5, 5.41) is 0. The number of rotatable bonds is 4. The molecule has 1 atom stereocenters. The molecule has 1 saturated carbocycles. The average molecular weight is 233 g/mol. The lowest BCUT2D eigenvalue weighted by atomic mass is 10.0. The van der Waals surface area contributed by atoms with Crippen molar-refractivity contribution in [2.75, 3.05) is 0 Å². The second-order valence-corrected chi connectivity index (χ2v) is 5.20. The van der Waals surface area contributed by atoms with Crippen LogP contribution in [0.5, 0.6) is 0 Å². The van der Waals surface area contributed by atoms with Gasteiger partial charge in [0, 0.05) is 29.8 Å². The molecule has 94 valence electrons. The molecule has 1 aromatic rings. The zero-order chi connectivity index (χ0) is 12.3. The SMILES string of the molecule is CCC(N)Cc1nc(C)cc(C2CCCC2)n1. The highest BCUT2D eigenvalue weighted by Crippen LogP contribution is 2.33. The summed E-state index contributed by atoms with van der Waals surface area (Å²) in [4.78, 5) is 9.21. The number of nitrogens with zero attached hydrogens (tertiary/aromatic N) is 2. The van der Waals surface area contributed by atoms with Crippen LogP contribution in [-0.4, -0.2) is 16.0 Å². The Hall–Kier alpha value is -0.960.